The number of unbranched alkanes of at least 4 members (excludes halogenated alkanes) is 2. The van der Waals surface area contributed by atoms with Crippen molar-refractivity contribution in [3.8, 4) is 11.5 Å². The number of rotatable bonds is 8. The average Bonchev–Trinajstić information content (AvgIpc) is 2.46. The number of hydrogen-bond donors (Lipinski definition) is 0. The summed E-state index contributed by atoms with van der Waals surface area (Å²) >= 11 is 0. The second-order valence-electron chi connectivity index (χ2n) is 3.97. The maximum atomic E-state index is 11.7. The highest BCUT2D eigenvalue weighted by atomic mass is 17.2. The van der Waals surface area contributed by atoms with Gasteiger partial charge in [0.25, 0.3) is 0 Å². The molecule has 0 saturated carbocycles. The number of methoxy groups -OCH3 is 2. The van der Waals surface area contributed by atoms with Gasteiger partial charge in [0.05, 0.1) is 26.4 Å². The first-order valence-corrected chi connectivity index (χ1v) is 6.28. The molecule has 0 amide bonds. The van der Waals surface area contributed by atoms with Crippen LogP contribution in [0.3, 0.4) is 0 Å². The molecule has 0 unspecified atom stereocenters. The summed E-state index contributed by atoms with van der Waals surface area (Å²) < 4.78 is 10.2. The molecule has 106 valence electrons. The average molecular weight is 268 g/mol. The third-order valence-corrected chi connectivity index (χ3v) is 2.59. The van der Waals surface area contributed by atoms with Gasteiger partial charge in [-0.3, -0.25) is 4.89 Å². The predicted octanol–water partition coefficient (Wildman–Crippen LogP) is 2.98. The molecule has 0 atom stereocenters. The molecular formula is C14H20O5. The first-order chi connectivity index (χ1) is 9.22. The molecule has 1 aromatic carbocycles. The minimum absolute atomic E-state index is 0.355. The van der Waals surface area contributed by atoms with Crippen LogP contribution in [0.4, 0.5) is 0 Å². The van der Waals surface area contributed by atoms with Gasteiger partial charge in [0.2, 0.25) is 0 Å². The predicted molar refractivity (Wildman–Crippen MR) is 70.4 cm³/mol. The van der Waals surface area contributed by atoms with Gasteiger partial charge in [0.1, 0.15) is 0 Å². The van der Waals surface area contributed by atoms with Crippen LogP contribution in [0, 0.1) is 0 Å². The van der Waals surface area contributed by atoms with Gasteiger partial charge in [0.15, 0.2) is 11.5 Å². The minimum atomic E-state index is -0.544. The molecule has 0 bridgehead atoms. The first kappa shape index (κ1) is 15.3. The maximum absolute atomic E-state index is 11.7. The van der Waals surface area contributed by atoms with Gasteiger partial charge in [-0.1, -0.05) is 19.8 Å². The summed E-state index contributed by atoms with van der Waals surface area (Å²) in [6.07, 6.45) is 3.01. The van der Waals surface area contributed by atoms with Gasteiger partial charge in [-0.15, -0.1) is 0 Å². The zero-order chi connectivity index (χ0) is 14.1. The van der Waals surface area contributed by atoms with E-state index in [9.17, 15) is 4.79 Å². The lowest BCUT2D eigenvalue weighted by Gasteiger charge is -2.08. The molecule has 1 rings (SSSR count). The Bertz CT molecular complexity index is 403. The zero-order valence-electron chi connectivity index (χ0n) is 11.6. The fourth-order valence-electron chi connectivity index (χ4n) is 1.52. The Balaban J connectivity index is 2.52. The van der Waals surface area contributed by atoms with Crippen molar-refractivity contribution in [2.45, 2.75) is 26.2 Å². The number of hydrogen-bond acceptors (Lipinski definition) is 5. The molecule has 0 radical (unpaired) electrons. The van der Waals surface area contributed by atoms with Crippen molar-refractivity contribution in [1.29, 1.82) is 0 Å². The van der Waals surface area contributed by atoms with Crippen LogP contribution >= 0.6 is 0 Å². The van der Waals surface area contributed by atoms with Crippen LogP contribution in [-0.4, -0.2) is 26.8 Å². The third kappa shape index (κ3) is 4.79. The Hall–Kier alpha value is -1.75. The molecule has 5 nitrogen and oxygen atoms in total. The Kier molecular flexibility index (Phi) is 6.74. The van der Waals surface area contributed by atoms with Gasteiger partial charge < -0.3 is 9.47 Å². The third-order valence-electron chi connectivity index (χ3n) is 2.59. The van der Waals surface area contributed by atoms with Crippen molar-refractivity contribution >= 4 is 5.97 Å². The molecule has 0 aliphatic heterocycles. The summed E-state index contributed by atoms with van der Waals surface area (Å²) in [5.41, 5.74) is 0.355. The van der Waals surface area contributed by atoms with Crippen molar-refractivity contribution < 1.29 is 24.0 Å². The summed E-state index contributed by atoms with van der Waals surface area (Å²) in [7, 11) is 3.04. The second kappa shape index (κ2) is 8.37. The number of ether oxygens (including phenoxy) is 2. The molecule has 0 saturated heterocycles. The highest BCUT2D eigenvalue weighted by molar-refractivity contribution is 5.89. The van der Waals surface area contributed by atoms with Gasteiger partial charge in [-0.05, 0) is 24.6 Å². The summed E-state index contributed by atoms with van der Waals surface area (Å²) in [6.45, 7) is 2.50. The highest BCUT2D eigenvalue weighted by Gasteiger charge is 2.12. The lowest BCUT2D eigenvalue weighted by Crippen LogP contribution is -2.07. The van der Waals surface area contributed by atoms with Gasteiger partial charge >= 0.3 is 5.97 Å². The first-order valence-electron chi connectivity index (χ1n) is 6.28. The zero-order valence-corrected chi connectivity index (χ0v) is 11.6. The molecular weight excluding hydrogens is 248 g/mol. The van der Waals surface area contributed by atoms with Crippen molar-refractivity contribution in [2.75, 3.05) is 20.8 Å². The molecule has 0 aromatic heterocycles. The monoisotopic (exact) mass is 268 g/mol. The van der Waals surface area contributed by atoms with E-state index in [0.29, 0.717) is 23.7 Å². The second-order valence-corrected chi connectivity index (χ2v) is 3.97. The van der Waals surface area contributed by atoms with E-state index in [-0.39, 0.29) is 0 Å². The van der Waals surface area contributed by atoms with E-state index >= 15 is 0 Å². The van der Waals surface area contributed by atoms with Crippen LogP contribution in [0.25, 0.3) is 0 Å². The van der Waals surface area contributed by atoms with Crippen LogP contribution in [0.1, 0.15) is 36.5 Å². The Labute approximate surface area is 113 Å². The topological polar surface area (TPSA) is 54.0 Å². The van der Waals surface area contributed by atoms with Crippen molar-refractivity contribution in [3.05, 3.63) is 23.8 Å². The summed E-state index contributed by atoms with van der Waals surface area (Å²) in [6, 6.07) is 4.79. The van der Waals surface area contributed by atoms with E-state index in [4.69, 9.17) is 19.2 Å². The van der Waals surface area contributed by atoms with E-state index in [1.807, 2.05) is 0 Å². The minimum Gasteiger partial charge on any atom is -0.493 e. The molecule has 0 aliphatic carbocycles. The standard InChI is InChI=1S/C14H20O5/c1-4-5-6-9-18-19-14(15)11-7-8-12(16-2)13(10-11)17-3/h7-8,10H,4-6,9H2,1-3H3. The quantitative estimate of drug-likeness (QED) is 0.412. The normalized spacial score (nSPS) is 10.1. The van der Waals surface area contributed by atoms with Crippen LogP contribution < -0.4 is 9.47 Å². The molecule has 1 aromatic rings. The van der Waals surface area contributed by atoms with Crippen LogP contribution in [0.2, 0.25) is 0 Å². The molecule has 5 heteroatoms. The van der Waals surface area contributed by atoms with Crippen molar-refractivity contribution in [1.82, 2.24) is 0 Å². The molecule has 0 aliphatic rings. The van der Waals surface area contributed by atoms with Crippen LogP contribution in [-0.2, 0) is 9.78 Å². The Morgan fingerprint density at radius 3 is 2.47 bits per heavy atom. The van der Waals surface area contributed by atoms with E-state index in [1.165, 1.54) is 14.2 Å². The smallest absolute Gasteiger partial charge is 0.373 e. The molecule has 19 heavy (non-hydrogen) atoms. The maximum Gasteiger partial charge on any atom is 0.373 e. The fourth-order valence-corrected chi connectivity index (χ4v) is 1.52. The van der Waals surface area contributed by atoms with E-state index in [0.717, 1.165) is 19.3 Å². The van der Waals surface area contributed by atoms with Crippen molar-refractivity contribution in [2.24, 2.45) is 0 Å². The number of benzene rings is 1. The van der Waals surface area contributed by atoms with Gasteiger partial charge in [-0.2, -0.15) is 4.89 Å². The molecule has 0 spiro atoms. The Morgan fingerprint density at radius 2 is 1.84 bits per heavy atom. The summed E-state index contributed by atoms with van der Waals surface area (Å²) in [4.78, 5) is 21.3. The van der Waals surface area contributed by atoms with E-state index < -0.39 is 5.97 Å². The van der Waals surface area contributed by atoms with E-state index in [2.05, 4.69) is 6.92 Å². The molecule has 0 fully saturated rings. The number of carbonyl (C=O) groups excluding carboxylic acids is 1. The molecule has 0 heterocycles. The fraction of sp³-hybridized carbons (Fsp3) is 0.500. The van der Waals surface area contributed by atoms with Crippen LogP contribution in [0.15, 0.2) is 18.2 Å². The number of carbonyl (C=O) groups is 1. The SMILES string of the molecule is CCCCCOOC(=O)c1ccc(OC)c(OC)c1. The van der Waals surface area contributed by atoms with Gasteiger partial charge in [-0.25, -0.2) is 4.79 Å². The lowest BCUT2D eigenvalue weighted by molar-refractivity contribution is -0.241. The largest absolute Gasteiger partial charge is 0.493 e. The van der Waals surface area contributed by atoms with E-state index in [1.54, 1.807) is 18.2 Å². The lowest BCUT2D eigenvalue weighted by atomic mass is 10.2. The van der Waals surface area contributed by atoms with Gasteiger partial charge in [0, 0.05) is 0 Å². The Morgan fingerprint density at radius 1 is 1.11 bits per heavy atom. The summed E-state index contributed by atoms with van der Waals surface area (Å²) in [5.74, 6) is 0.489. The molecule has 0 N–H and O–H groups in total. The van der Waals surface area contributed by atoms with Crippen LogP contribution in [0.5, 0.6) is 11.5 Å². The summed E-state index contributed by atoms with van der Waals surface area (Å²) in [5, 5.41) is 0. The highest BCUT2D eigenvalue weighted by Crippen LogP contribution is 2.27. The van der Waals surface area contributed by atoms with Crippen molar-refractivity contribution in [3.63, 3.8) is 0 Å².